The molecule has 1 aromatic heterocycles. The Balaban J connectivity index is 1.75. The first-order valence-electron chi connectivity index (χ1n) is 11.2. The van der Waals surface area contributed by atoms with Crippen LogP contribution in [0.5, 0.6) is 0 Å². The van der Waals surface area contributed by atoms with Gasteiger partial charge in [-0.3, -0.25) is 4.90 Å². The smallest absolute Gasteiger partial charge is 0.191 e. The quantitative estimate of drug-likeness (QED) is 0.470. The van der Waals surface area contributed by atoms with Crippen LogP contribution in [-0.4, -0.2) is 55.4 Å². The number of aryl methyl sites for hydroxylation is 2. The Morgan fingerprint density at radius 3 is 2.68 bits per heavy atom. The molecular weight excluding hydrogens is 397 g/mol. The van der Waals surface area contributed by atoms with Crippen molar-refractivity contribution in [2.24, 2.45) is 4.99 Å². The van der Waals surface area contributed by atoms with Crippen molar-refractivity contribution >= 4 is 5.96 Å². The molecule has 0 saturated carbocycles. The van der Waals surface area contributed by atoms with E-state index in [1.54, 1.807) is 12.1 Å². The van der Waals surface area contributed by atoms with E-state index in [0.29, 0.717) is 26.3 Å². The molecular formula is C23H34FN5O2. The topological polar surface area (TPSA) is 74.9 Å². The normalized spacial score (nSPS) is 16.3. The SMILES string of the molecule is CCNC(=NCc1c(CC)noc1CC)NCC(c1cccc(F)c1)N1CCOCC1. The number of benzene rings is 1. The van der Waals surface area contributed by atoms with E-state index in [0.717, 1.165) is 61.0 Å². The van der Waals surface area contributed by atoms with Gasteiger partial charge in [0.05, 0.1) is 31.5 Å². The molecule has 170 valence electrons. The summed E-state index contributed by atoms with van der Waals surface area (Å²) >= 11 is 0. The molecule has 1 unspecified atom stereocenters. The second-order valence-corrected chi connectivity index (χ2v) is 7.53. The molecule has 2 N–H and O–H groups in total. The molecule has 8 heteroatoms. The Bertz CT molecular complexity index is 827. The molecule has 1 fully saturated rings. The summed E-state index contributed by atoms with van der Waals surface area (Å²) in [5.41, 5.74) is 2.98. The van der Waals surface area contributed by atoms with Crippen LogP contribution >= 0.6 is 0 Å². The monoisotopic (exact) mass is 431 g/mol. The number of guanidine groups is 1. The summed E-state index contributed by atoms with van der Waals surface area (Å²) in [4.78, 5) is 7.11. The molecule has 0 spiro atoms. The maximum Gasteiger partial charge on any atom is 0.191 e. The van der Waals surface area contributed by atoms with E-state index in [4.69, 9.17) is 14.3 Å². The summed E-state index contributed by atoms with van der Waals surface area (Å²) in [6.45, 7) is 11.0. The van der Waals surface area contributed by atoms with E-state index in [1.165, 1.54) is 6.07 Å². The molecule has 1 aliphatic rings. The maximum absolute atomic E-state index is 13.9. The highest BCUT2D eigenvalue weighted by Crippen LogP contribution is 2.22. The second-order valence-electron chi connectivity index (χ2n) is 7.53. The van der Waals surface area contributed by atoms with Crippen LogP contribution in [0.2, 0.25) is 0 Å². The fourth-order valence-corrected chi connectivity index (χ4v) is 3.87. The Kier molecular flexibility index (Phi) is 8.85. The first-order chi connectivity index (χ1) is 15.2. The number of morpholine rings is 1. The number of halogens is 1. The zero-order valence-corrected chi connectivity index (χ0v) is 18.8. The third-order valence-corrected chi connectivity index (χ3v) is 5.53. The molecule has 0 radical (unpaired) electrons. The van der Waals surface area contributed by atoms with Crippen molar-refractivity contribution in [3.8, 4) is 0 Å². The summed E-state index contributed by atoms with van der Waals surface area (Å²) in [6.07, 6.45) is 1.61. The van der Waals surface area contributed by atoms with Gasteiger partial charge in [-0.25, -0.2) is 9.38 Å². The molecule has 0 bridgehead atoms. The fraction of sp³-hybridized carbons (Fsp3) is 0.565. The molecule has 1 aliphatic heterocycles. The van der Waals surface area contributed by atoms with Gasteiger partial charge in [0, 0.05) is 38.2 Å². The lowest BCUT2D eigenvalue weighted by Crippen LogP contribution is -2.46. The number of nitrogens with zero attached hydrogens (tertiary/aromatic N) is 3. The van der Waals surface area contributed by atoms with Crippen molar-refractivity contribution in [2.75, 3.05) is 39.4 Å². The molecule has 7 nitrogen and oxygen atoms in total. The van der Waals surface area contributed by atoms with E-state index in [1.807, 2.05) is 13.0 Å². The highest BCUT2D eigenvalue weighted by atomic mass is 19.1. The van der Waals surface area contributed by atoms with Crippen molar-refractivity contribution in [1.29, 1.82) is 0 Å². The van der Waals surface area contributed by atoms with Gasteiger partial charge >= 0.3 is 0 Å². The predicted molar refractivity (Wildman–Crippen MR) is 120 cm³/mol. The molecule has 1 atom stereocenters. The summed E-state index contributed by atoms with van der Waals surface area (Å²) < 4.78 is 24.9. The van der Waals surface area contributed by atoms with Crippen LogP contribution < -0.4 is 10.6 Å². The van der Waals surface area contributed by atoms with Gasteiger partial charge in [0.15, 0.2) is 5.96 Å². The number of hydrogen-bond acceptors (Lipinski definition) is 5. The summed E-state index contributed by atoms with van der Waals surface area (Å²) in [5, 5.41) is 10.9. The predicted octanol–water partition coefficient (Wildman–Crippen LogP) is 3.07. The van der Waals surface area contributed by atoms with Crippen LogP contribution in [0, 0.1) is 5.82 Å². The van der Waals surface area contributed by atoms with Crippen LogP contribution in [-0.2, 0) is 24.1 Å². The van der Waals surface area contributed by atoms with Crippen molar-refractivity contribution in [3.05, 3.63) is 52.7 Å². The third kappa shape index (κ3) is 6.27. The lowest BCUT2D eigenvalue weighted by atomic mass is 10.0. The average Bonchev–Trinajstić information content (AvgIpc) is 3.20. The zero-order valence-electron chi connectivity index (χ0n) is 18.8. The first kappa shape index (κ1) is 23.2. The van der Waals surface area contributed by atoms with Crippen LogP contribution in [0.1, 0.15) is 49.4 Å². The number of nitrogens with one attached hydrogen (secondary N) is 2. The largest absolute Gasteiger partial charge is 0.379 e. The van der Waals surface area contributed by atoms with E-state index in [-0.39, 0.29) is 11.9 Å². The van der Waals surface area contributed by atoms with Gasteiger partial charge < -0.3 is 19.9 Å². The van der Waals surface area contributed by atoms with Crippen molar-refractivity contribution in [1.82, 2.24) is 20.7 Å². The van der Waals surface area contributed by atoms with Gasteiger partial charge in [-0.15, -0.1) is 0 Å². The Labute approximate surface area is 184 Å². The number of hydrogen-bond donors (Lipinski definition) is 2. The molecule has 1 aromatic carbocycles. The highest BCUT2D eigenvalue weighted by molar-refractivity contribution is 5.79. The summed E-state index contributed by atoms with van der Waals surface area (Å²) in [7, 11) is 0. The Morgan fingerprint density at radius 1 is 1.19 bits per heavy atom. The van der Waals surface area contributed by atoms with E-state index < -0.39 is 0 Å². The van der Waals surface area contributed by atoms with Gasteiger partial charge in [-0.2, -0.15) is 0 Å². The molecule has 3 rings (SSSR count). The van der Waals surface area contributed by atoms with Crippen molar-refractivity contribution in [2.45, 2.75) is 46.2 Å². The Morgan fingerprint density at radius 2 is 2.00 bits per heavy atom. The minimum Gasteiger partial charge on any atom is -0.379 e. The molecule has 0 amide bonds. The van der Waals surface area contributed by atoms with E-state index in [2.05, 4.69) is 34.5 Å². The summed E-state index contributed by atoms with van der Waals surface area (Å²) in [6, 6.07) is 6.87. The van der Waals surface area contributed by atoms with E-state index >= 15 is 0 Å². The number of rotatable bonds is 9. The van der Waals surface area contributed by atoms with Crippen molar-refractivity contribution in [3.63, 3.8) is 0 Å². The first-order valence-corrected chi connectivity index (χ1v) is 11.2. The minimum absolute atomic E-state index is 0.0245. The van der Waals surface area contributed by atoms with E-state index in [9.17, 15) is 4.39 Å². The second kappa shape index (κ2) is 11.8. The van der Waals surface area contributed by atoms with Gasteiger partial charge in [0.1, 0.15) is 11.6 Å². The van der Waals surface area contributed by atoms with Crippen LogP contribution in [0.25, 0.3) is 0 Å². The average molecular weight is 432 g/mol. The standard InChI is InChI=1S/C23H34FN5O2/c1-4-20-19(22(5-2)31-28-20)15-26-23(25-6-3)27-16-21(29-10-12-30-13-11-29)17-8-7-9-18(24)14-17/h7-9,14,21H,4-6,10-13,15-16H2,1-3H3,(H2,25,26,27). The number of aliphatic imine (C=N–C) groups is 1. The third-order valence-electron chi connectivity index (χ3n) is 5.53. The molecule has 2 aromatic rings. The molecule has 1 saturated heterocycles. The highest BCUT2D eigenvalue weighted by Gasteiger charge is 2.23. The fourth-order valence-electron chi connectivity index (χ4n) is 3.87. The lowest BCUT2D eigenvalue weighted by molar-refractivity contribution is 0.0169. The molecule has 0 aliphatic carbocycles. The Hall–Kier alpha value is -2.45. The van der Waals surface area contributed by atoms with Crippen LogP contribution in [0.4, 0.5) is 4.39 Å². The maximum atomic E-state index is 13.9. The van der Waals surface area contributed by atoms with Gasteiger partial charge in [-0.1, -0.05) is 31.1 Å². The van der Waals surface area contributed by atoms with Crippen LogP contribution in [0.3, 0.4) is 0 Å². The summed E-state index contributed by atoms with van der Waals surface area (Å²) in [5.74, 6) is 1.40. The molecule has 2 heterocycles. The van der Waals surface area contributed by atoms with Crippen LogP contribution in [0.15, 0.2) is 33.8 Å². The minimum atomic E-state index is -0.219. The number of ether oxygens (including phenoxy) is 1. The van der Waals surface area contributed by atoms with Gasteiger partial charge in [0.2, 0.25) is 0 Å². The molecule has 31 heavy (non-hydrogen) atoms. The number of aromatic nitrogens is 1. The van der Waals surface area contributed by atoms with Gasteiger partial charge in [0.25, 0.3) is 0 Å². The van der Waals surface area contributed by atoms with Gasteiger partial charge in [-0.05, 0) is 31.0 Å². The zero-order chi connectivity index (χ0) is 22.1. The lowest BCUT2D eigenvalue weighted by Gasteiger charge is -2.35. The van der Waals surface area contributed by atoms with Crippen molar-refractivity contribution < 1.29 is 13.7 Å².